The molecule has 3 amide bonds. The average molecular weight is 381 g/mol. The van der Waals surface area contributed by atoms with Crippen LogP contribution in [0.2, 0.25) is 0 Å². The predicted molar refractivity (Wildman–Crippen MR) is 92.2 cm³/mol. The molecule has 0 aliphatic carbocycles. The first-order valence-corrected chi connectivity index (χ1v) is 8.56. The Bertz CT molecular complexity index is 763. The van der Waals surface area contributed by atoms with Crippen molar-refractivity contribution in [3.05, 3.63) is 41.1 Å². The van der Waals surface area contributed by atoms with Crippen LogP contribution in [0.4, 0.5) is 13.6 Å². The van der Waals surface area contributed by atoms with Gasteiger partial charge in [-0.25, -0.2) is 4.79 Å². The summed E-state index contributed by atoms with van der Waals surface area (Å²) >= 11 is 0. The highest BCUT2D eigenvalue weighted by Gasteiger charge is 2.37. The van der Waals surface area contributed by atoms with Crippen LogP contribution in [0.5, 0.6) is 5.75 Å². The van der Waals surface area contributed by atoms with Crippen molar-refractivity contribution < 1.29 is 27.8 Å². The van der Waals surface area contributed by atoms with E-state index in [2.05, 4.69) is 10.1 Å². The second kappa shape index (κ2) is 7.91. The number of allylic oxidation sites excluding steroid dienone is 1. The molecule has 0 unspecified atom stereocenters. The summed E-state index contributed by atoms with van der Waals surface area (Å²) in [5.74, 6) is -0.345. The lowest BCUT2D eigenvalue weighted by Gasteiger charge is -2.37. The van der Waals surface area contributed by atoms with E-state index in [0.717, 1.165) is 0 Å². The number of para-hydroxylation sites is 1. The molecule has 0 saturated carbocycles. The van der Waals surface area contributed by atoms with E-state index in [1.54, 1.807) is 37.1 Å². The molecule has 2 heterocycles. The topological polar surface area (TPSA) is 71.1 Å². The number of hydrogen-bond donors (Lipinski definition) is 1. The lowest BCUT2D eigenvalue weighted by molar-refractivity contribution is -0.131. The highest BCUT2D eigenvalue weighted by atomic mass is 19.3. The van der Waals surface area contributed by atoms with Gasteiger partial charge in [0.05, 0.1) is 24.8 Å². The molecule has 146 valence electrons. The van der Waals surface area contributed by atoms with Crippen LogP contribution < -0.4 is 10.1 Å². The first-order chi connectivity index (χ1) is 12.9. The van der Waals surface area contributed by atoms with Crippen molar-refractivity contribution in [2.24, 2.45) is 0 Å². The fourth-order valence-electron chi connectivity index (χ4n) is 3.20. The maximum atomic E-state index is 13.2. The average Bonchev–Trinajstić information content (AvgIpc) is 2.66. The molecule has 0 spiro atoms. The molecule has 7 nitrogen and oxygen atoms in total. The van der Waals surface area contributed by atoms with Gasteiger partial charge in [-0.1, -0.05) is 18.2 Å². The Morgan fingerprint density at radius 2 is 1.96 bits per heavy atom. The van der Waals surface area contributed by atoms with Crippen LogP contribution in [-0.4, -0.2) is 61.7 Å². The summed E-state index contributed by atoms with van der Waals surface area (Å²) in [6.45, 7) is 0.350. The monoisotopic (exact) mass is 381 g/mol. The van der Waals surface area contributed by atoms with Gasteiger partial charge >= 0.3 is 12.6 Å². The summed E-state index contributed by atoms with van der Waals surface area (Å²) in [6, 6.07) is 4.83. The van der Waals surface area contributed by atoms with E-state index < -0.39 is 18.7 Å². The largest absolute Gasteiger partial charge is 0.434 e. The van der Waals surface area contributed by atoms with Crippen LogP contribution in [0.1, 0.15) is 18.5 Å². The number of halogens is 2. The van der Waals surface area contributed by atoms with Gasteiger partial charge in [0.2, 0.25) is 0 Å². The minimum atomic E-state index is -3.02. The molecule has 1 aromatic carbocycles. The van der Waals surface area contributed by atoms with Crippen LogP contribution in [0, 0.1) is 0 Å². The number of urea groups is 1. The van der Waals surface area contributed by atoms with Crippen molar-refractivity contribution in [3.8, 4) is 5.75 Å². The van der Waals surface area contributed by atoms with E-state index in [4.69, 9.17) is 4.74 Å². The normalized spacial score (nSPS) is 20.8. The Morgan fingerprint density at radius 3 is 2.63 bits per heavy atom. The Hall–Kier alpha value is -2.68. The third-order valence-electron chi connectivity index (χ3n) is 4.73. The fraction of sp³-hybridized carbons (Fsp3) is 0.444. The molecule has 1 saturated heterocycles. The number of ether oxygens (including phenoxy) is 2. The van der Waals surface area contributed by atoms with Crippen molar-refractivity contribution >= 4 is 11.9 Å². The highest BCUT2D eigenvalue weighted by molar-refractivity contribution is 5.98. The summed E-state index contributed by atoms with van der Waals surface area (Å²) in [7, 11) is 1.55. The lowest BCUT2D eigenvalue weighted by atomic mass is 9.93. The maximum absolute atomic E-state index is 13.2. The third kappa shape index (κ3) is 3.87. The number of rotatable bonds is 4. The zero-order valence-electron chi connectivity index (χ0n) is 15.1. The number of carbonyl (C=O) groups excluding carboxylic acids is 2. The van der Waals surface area contributed by atoms with Crippen molar-refractivity contribution in [3.63, 3.8) is 0 Å². The molecule has 3 rings (SSSR count). The SMILES string of the molecule is CC1=C(C(=O)N2CCOCC2)[C@@H](c2ccccc2OC(F)F)NC(=O)N1C. The summed E-state index contributed by atoms with van der Waals surface area (Å²) < 4.78 is 35.5. The molecule has 1 fully saturated rings. The van der Waals surface area contributed by atoms with Crippen molar-refractivity contribution in [1.29, 1.82) is 0 Å². The van der Waals surface area contributed by atoms with Gasteiger partial charge < -0.3 is 24.6 Å². The molecule has 0 bridgehead atoms. The summed E-state index contributed by atoms with van der Waals surface area (Å²) in [6.07, 6.45) is 0. The maximum Gasteiger partial charge on any atom is 0.387 e. The Kier molecular flexibility index (Phi) is 5.59. The van der Waals surface area contributed by atoms with Crippen molar-refractivity contribution in [1.82, 2.24) is 15.1 Å². The number of morpholine rings is 1. The number of benzene rings is 1. The number of alkyl halides is 2. The Balaban J connectivity index is 2.04. The molecule has 27 heavy (non-hydrogen) atoms. The summed E-state index contributed by atoms with van der Waals surface area (Å²) in [5, 5.41) is 2.72. The van der Waals surface area contributed by atoms with Gasteiger partial charge in [-0.15, -0.1) is 0 Å². The molecule has 2 aliphatic heterocycles. The summed E-state index contributed by atoms with van der Waals surface area (Å²) in [4.78, 5) is 28.5. The van der Waals surface area contributed by atoms with Gasteiger partial charge in [-0.05, 0) is 13.0 Å². The van der Waals surface area contributed by atoms with Crippen LogP contribution in [0.3, 0.4) is 0 Å². The second-order valence-corrected chi connectivity index (χ2v) is 6.26. The quantitative estimate of drug-likeness (QED) is 0.867. The molecular formula is C18H21F2N3O4. The lowest BCUT2D eigenvalue weighted by Crippen LogP contribution is -2.50. The van der Waals surface area contributed by atoms with Gasteiger partial charge in [0, 0.05) is 31.4 Å². The van der Waals surface area contributed by atoms with Gasteiger partial charge in [0.25, 0.3) is 5.91 Å². The van der Waals surface area contributed by atoms with Crippen LogP contribution in [0.25, 0.3) is 0 Å². The predicted octanol–water partition coefficient (Wildman–Crippen LogP) is 2.12. The number of carbonyl (C=O) groups is 2. The van der Waals surface area contributed by atoms with E-state index in [0.29, 0.717) is 43.1 Å². The summed E-state index contributed by atoms with van der Waals surface area (Å²) in [5.41, 5.74) is 1.09. The first kappa shape index (κ1) is 19.1. The van der Waals surface area contributed by atoms with Crippen LogP contribution >= 0.6 is 0 Å². The highest BCUT2D eigenvalue weighted by Crippen LogP contribution is 2.36. The molecule has 2 aliphatic rings. The molecule has 1 N–H and O–H groups in total. The Morgan fingerprint density at radius 1 is 1.30 bits per heavy atom. The van der Waals surface area contributed by atoms with Gasteiger partial charge in [0.15, 0.2) is 0 Å². The van der Waals surface area contributed by atoms with Gasteiger partial charge in [-0.2, -0.15) is 8.78 Å². The van der Waals surface area contributed by atoms with Gasteiger partial charge in [-0.3, -0.25) is 4.79 Å². The minimum Gasteiger partial charge on any atom is -0.434 e. The molecular weight excluding hydrogens is 360 g/mol. The number of nitrogens with zero attached hydrogens (tertiary/aromatic N) is 2. The molecule has 0 aromatic heterocycles. The second-order valence-electron chi connectivity index (χ2n) is 6.26. The standard InChI is InChI=1S/C18H21F2N3O4/c1-11-14(16(24)23-7-9-26-10-8-23)15(21-18(25)22(11)2)12-5-3-4-6-13(12)27-17(19)20/h3-6,15,17H,7-10H2,1-2H3,(H,21,25)/t15-/m1/s1. The van der Waals surface area contributed by atoms with Crippen LogP contribution in [0.15, 0.2) is 35.5 Å². The van der Waals surface area contributed by atoms with Crippen LogP contribution in [-0.2, 0) is 9.53 Å². The van der Waals surface area contributed by atoms with Crippen molar-refractivity contribution in [2.45, 2.75) is 19.6 Å². The fourth-order valence-corrected chi connectivity index (χ4v) is 3.20. The number of amides is 3. The number of hydrogen-bond acceptors (Lipinski definition) is 4. The van der Waals surface area contributed by atoms with Gasteiger partial charge in [0.1, 0.15) is 5.75 Å². The van der Waals surface area contributed by atoms with E-state index in [1.165, 1.54) is 11.0 Å². The van der Waals surface area contributed by atoms with E-state index in [-0.39, 0.29) is 11.7 Å². The molecule has 1 atom stereocenters. The zero-order valence-corrected chi connectivity index (χ0v) is 15.1. The molecule has 1 aromatic rings. The van der Waals surface area contributed by atoms with E-state index in [1.807, 2.05) is 0 Å². The smallest absolute Gasteiger partial charge is 0.387 e. The number of nitrogens with one attached hydrogen (secondary N) is 1. The van der Waals surface area contributed by atoms with E-state index in [9.17, 15) is 18.4 Å². The zero-order chi connectivity index (χ0) is 19.6. The third-order valence-corrected chi connectivity index (χ3v) is 4.73. The molecule has 9 heteroatoms. The molecule has 0 radical (unpaired) electrons. The van der Waals surface area contributed by atoms with Crippen molar-refractivity contribution in [2.75, 3.05) is 33.4 Å². The Labute approximate surface area is 155 Å². The van der Waals surface area contributed by atoms with E-state index >= 15 is 0 Å². The first-order valence-electron chi connectivity index (χ1n) is 8.56. The minimum absolute atomic E-state index is 0.0811.